The molecule has 4 rings (SSSR count). The number of hydrogen-bond acceptors (Lipinski definition) is 4. The van der Waals surface area contributed by atoms with Crippen LogP contribution in [0.4, 0.5) is 5.69 Å². The van der Waals surface area contributed by atoms with Crippen LogP contribution in [0.15, 0.2) is 29.3 Å². The molecule has 0 saturated carbocycles. The Morgan fingerprint density at radius 3 is 2.85 bits per heavy atom. The molecule has 0 radical (unpaired) electrons. The molecule has 1 aromatic rings. The second kappa shape index (κ2) is 4.41. The van der Waals surface area contributed by atoms with Crippen LogP contribution in [0.3, 0.4) is 0 Å². The molecule has 2 atom stereocenters. The lowest BCUT2D eigenvalue weighted by molar-refractivity contribution is 0.174. The van der Waals surface area contributed by atoms with Crippen LogP contribution in [0.1, 0.15) is 24.3 Å². The summed E-state index contributed by atoms with van der Waals surface area (Å²) in [4.78, 5) is 4.74. The van der Waals surface area contributed by atoms with Crippen LogP contribution in [0.2, 0.25) is 0 Å². The van der Waals surface area contributed by atoms with E-state index in [4.69, 9.17) is 4.99 Å². The lowest BCUT2D eigenvalue weighted by atomic mass is 9.66. The van der Waals surface area contributed by atoms with Crippen LogP contribution in [0.25, 0.3) is 0 Å². The maximum absolute atomic E-state index is 9.82. The number of benzene rings is 1. The summed E-state index contributed by atoms with van der Waals surface area (Å²) in [5.41, 5.74) is 3.40. The Morgan fingerprint density at radius 2 is 2.05 bits per heavy atom. The van der Waals surface area contributed by atoms with Gasteiger partial charge in [0.1, 0.15) is 0 Å². The largest absolute Gasteiger partial charge is 0.317 e. The van der Waals surface area contributed by atoms with Crippen molar-refractivity contribution < 1.29 is 0 Å². The smallest absolute Gasteiger partial charge is 0.0768 e. The van der Waals surface area contributed by atoms with Crippen molar-refractivity contribution in [1.29, 1.82) is 5.26 Å². The van der Waals surface area contributed by atoms with Crippen molar-refractivity contribution in [1.82, 2.24) is 10.6 Å². The minimum absolute atomic E-state index is 0.0132. The molecule has 3 aliphatic heterocycles. The summed E-state index contributed by atoms with van der Waals surface area (Å²) in [5.74, 6) is 0.177. The van der Waals surface area contributed by atoms with Gasteiger partial charge < -0.3 is 10.6 Å². The number of fused-ring (bicyclic) bond motifs is 3. The van der Waals surface area contributed by atoms with E-state index in [1.54, 1.807) is 0 Å². The zero-order valence-corrected chi connectivity index (χ0v) is 11.4. The minimum Gasteiger partial charge on any atom is -0.317 e. The van der Waals surface area contributed by atoms with Crippen LogP contribution in [0.5, 0.6) is 0 Å². The van der Waals surface area contributed by atoms with Crippen molar-refractivity contribution in [3.8, 4) is 6.07 Å². The number of rotatable bonds is 0. The Kier molecular flexibility index (Phi) is 2.66. The predicted molar refractivity (Wildman–Crippen MR) is 78.2 cm³/mol. The molecule has 20 heavy (non-hydrogen) atoms. The SMILES string of the molecule is N#CC1C2C(=Nc3ccccc32)CNC12CCNCC2. The minimum atomic E-state index is -0.0405. The highest BCUT2D eigenvalue weighted by atomic mass is 15.1. The molecule has 2 N–H and O–H groups in total. The number of piperidine rings is 2. The molecule has 1 spiro atoms. The second-order valence-corrected chi connectivity index (χ2v) is 6.01. The summed E-state index contributed by atoms with van der Waals surface area (Å²) >= 11 is 0. The van der Waals surface area contributed by atoms with E-state index < -0.39 is 0 Å². The zero-order valence-electron chi connectivity index (χ0n) is 11.4. The first-order chi connectivity index (χ1) is 9.84. The summed E-state index contributed by atoms with van der Waals surface area (Å²) in [6.07, 6.45) is 2.05. The molecule has 0 aromatic heterocycles. The molecule has 2 saturated heterocycles. The molecule has 0 bridgehead atoms. The third-order valence-corrected chi connectivity index (χ3v) is 5.08. The van der Waals surface area contributed by atoms with E-state index in [-0.39, 0.29) is 17.4 Å². The number of nitrogens with zero attached hydrogens (tertiary/aromatic N) is 2. The van der Waals surface area contributed by atoms with Gasteiger partial charge in [0.15, 0.2) is 0 Å². The van der Waals surface area contributed by atoms with Gasteiger partial charge in [-0.05, 0) is 37.6 Å². The Labute approximate surface area is 118 Å². The number of nitrogens with one attached hydrogen (secondary N) is 2. The molecule has 3 heterocycles. The highest BCUT2D eigenvalue weighted by Gasteiger charge is 2.50. The van der Waals surface area contributed by atoms with E-state index in [0.717, 1.165) is 43.9 Å². The third kappa shape index (κ3) is 1.57. The van der Waals surface area contributed by atoms with Crippen molar-refractivity contribution in [2.45, 2.75) is 24.3 Å². The summed E-state index contributed by atoms with van der Waals surface area (Å²) < 4.78 is 0. The molecule has 0 amide bonds. The average Bonchev–Trinajstić information content (AvgIpc) is 2.87. The topological polar surface area (TPSA) is 60.2 Å². The maximum Gasteiger partial charge on any atom is 0.0768 e. The molecule has 0 aliphatic carbocycles. The highest BCUT2D eigenvalue weighted by Crippen LogP contribution is 2.47. The van der Waals surface area contributed by atoms with Crippen molar-refractivity contribution >= 4 is 11.4 Å². The van der Waals surface area contributed by atoms with Gasteiger partial charge in [-0.25, -0.2) is 0 Å². The van der Waals surface area contributed by atoms with Gasteiger partial charge in [0.2, 0.25) is 0 Å². The molecule has 2 fully saturated rings. The van der Waals surface area contributed by atoms with Crippen LogP contribution in [-0.4, -0.2) is 30.9 Å². The molecular formula is C16H18N4. The molecular weight excluding hydrogens is 248 g/mol. The molecule has 1 aromatic carbocycles. The van der Waals surface area contributed by atoms with Crippen LogP contribution in [-0.2, 0) is 0 Å². The molecule has 102 valence electrons. The molecule has 4 nitrogen and oxygen atoms in total. The van der Waals surface area contributed by atoms with Gasteiger partial charge in [0, 0.05) is 23.7 Å². The quantitative estimate of drug-likeness (QED) is 0.751. The number of aliphatic imine (C=N–C) groups is 1. The first-order valence-corrected chi connectivity index (χ1v) is 7.36. The van der Waals surface area contributed by atoms with E-state index in [1.165, 1.54) is 5.56 Å². The fourth-order valence-electron chi connectivity index (χ4n) is 4.03. The van der Waals surface area contributed by atoms with Gasteiger partial charge in [0.25, 0.3) is 0 Å². The van der Waals surface area contributed by atoms with E-state index in [9.17, 15) is 5.26 Å². The van der Waals surface area contributed by atoms with Gasteiger partial charge in [-0.3, -0.25) is 4.99 Å². The Balaban J connectivity index is 1.78. The summed E-state index contributed by atoms with van der Waals surface area (Å²) in [7, 11) is 0. The van der Waals surface area contributed by atoms with Crippen molar-refractivity contribution in [3.63, 3.8) is 0 Å². The number of nitriles is 1. The lowest BCUT2D eigenvalue weighted by Crippen LogP contribution is -2.63. The lowest BCUT2D eigenvalue weighted by Gasteiger charge is -2.47. The second-order valence-electron chi connectivity index (χ2n) is 6.01. The number of hydrogen-bond donors (Lipinski definition) is 2. The van der Waals surface area contributed by atoms with Crippen LogP contribution >= 0.6 is 0 Å². The summed E-state index contributed by atoms with van der Waals surface area (Å²) in [6.45, 7) is 2.80. The van der Waals surface area contributed by atoms with E-state index in [0.29, 0.717) is 0 Å². The Morgan fingerprint density at radius 1 is 1.25 bits per heavy atom. The Hall–Kier alpha value is -1.70. The van der Waals surface area contributed by atoms with Crippen molar-refractivity contribution in [2.24, 2.45) is 10.9 Å². The number of para-hydroxylation sites is 1. The monoisotopic (exact) mass is 266 g/mol. The van der Waals surface area contributed by atoms with Gasteiger partial charge in [-0.1, -0.05) is 18.2 Å². The van der Waals surface area contributed by atoms with Crippen LogP contribution in [0, 0.1) is 17.2 Å². The van der Waals surface area contributed by atoms with E-state index >= 15 is 0 Å². The fraction of sp³-hybridized carbons (Fsp3) is 0.500. The van der Waals surface area contributed by atoms with Gasteiger partial charge in [-0.15, -0.1) is 0 Å². The summed E-state index contributed by atoms with van der Waals surface area (Å²) in [6, 6.07) is 10.9. The average molecular weight is 266 g/mol. The van der Waals surface area contributed by atoms with Crippen molar-refractivity contribution in [2.75, 3.05) is 19.6 Å². The first-order valence-electron chi connectivity index (χ1n) is 7.36. The molecule has 3 aliphatic rings. The predicted octanol–water partition coefficient (Wildman–Crippen LogP) is 1.72. The van der Waals surface area contributed by atoms with Gasteiger partial charge in [-0.2, -0.15) is 5.26 Å². The first kappa shape index (κ1) is 12.1. The summed E-state index contributed by atoms with van der Waals surface area (Å²) in [5, 5.41) is 16.9. The maximum atomic E-state index is 9.82. The van der Waals surface area contributed by atoms with Crippen molar-refractivity contribution in [3.05, 3.63) is 29.8 Å². The molecule has 4 heteroatoms. The van der Waals surface area contributed by atoms with Crippen LogP contribution < -0.4 is 10.6 Å². The molecule has 2 unspecified atom stereocenters. The van der Waals surface area contributed by atoms with Gasteiger partial charge >= 0.3 is 0 Å². The third-order valence-electron chi connectivity index (χ3n) is 5.08. The van der Waals surface area contributed by atoms with E-state index in [2.05, 4.69) is 34.9 Å². The highest BCUT2D eigenvalue weighted by molar-refractivity contribution is 6.01. The van der Waals surface area contributed by atoms with E-state index in [1.807, 2.05) is 6.07 Å². The standard InChI is InChI=1S/C16H18N4/c17-9-12-15-11-3-1-2-4-13(11)20-14(15)10-19-16(12)5-7-18-8-6-16/h1-4,12,15,18-19H,5-8,10H2. The van der Waals surface area contributed by atoms with Gasteiger partial charge in [0.05, 0.1) is 17.7 Å². The fourth-order valence-corrected chi connectivity index (χ4v) is 4.03. The zero-order chi connectivity index (χ0) is 13.6. The normalized spacial score (nSPS) is 30.2. The Bertz CT molecular complexity index is 607.